The molecule has 6 nitrogen and oxygen atoms in total. The first-order valence-electron chi connectivity index (χ1n) is 11.1. The number of hydrogen-bond acceptors (Lipinski definition) is 4. The Morgan fingerprint density at radius 2 is 1.87 bits per heavy atom. The normalized spacial score (nSPS) is 11.3. The molecule has 1 aromatic heterocycles. The Labute approximate surface area is 185 Å². The quantitative estimate of drug-likeness (QED) is 0.474. The van der Waals surface area contributed by atoms with Crippen LogP contribution in [-0.4, -0.2) is 59.5 Å². The van der Waals surface area contributed by atoms with E-state index in [4.69, 9.17) is 4.74 Å². The maximum Gasteiger partial charge on any atom is 0.226 e. The molecule has 0 saturated heterocycles. The molecule has 1 amide bonds. The Bertz CT molecular complexity index is 992. The van der Waals surface area contributed by atoms with Gasteiger partial charge in [-0.25, -0.2) is 4.98 Å². The number of fused-ring (bicyclic) bond motifs is 1. The minimum absolute atomic E-state index is 0.163. The van der Waals surface area contributed by atoms with Crippen molar-refractivity contribution in [3.63, 3.8) is 0 Å². The van der Waals surface area contributed by atoms with E-state index in [0.29, 0.717) is 13.0 Å². The molecule has 0 aliphatic carbocycles. The fourth-order valence-corrected chi connectivity index (χ4v) is 3.73. The van der Waals surface area contributed by atoms with E-state index in [0.717, 1.165) is 60.6 Å². The first-order valence-corrected chi connectivity index (χ1v) is 11.1. The number of benzene rings is 2. The van der Waals surface area contributed by atoms with Gasteiger partial charge in [0.1, 0.15) is 11.6 Å². The zero-order chi connectivity index (χ0) is 22.2. The number of nitrogens with one attached hydrogen (secondary N) is 1. The van der Waals surface area contributed by atoms with Crippen molar-refractivity contribution in [3.8, 4) is 5.75 Å². The molecule has 3 aromatic rings. The van der Waals surface area contributed by atoms with Gasteiger partial charge in [0.15, 0.2) is 0 Å². The molecular weight excluding hydrogens is 388 g/mol. The summed E-state index contributed by atoms with van der Waals surface area (Å²) in [5.41, 5.74) is 4.18. The van der Waals surface area contributed by atoms with Gasteiger partial charge in [-0.2, -0.15) is 0 Å². The summed E-state index contributed by atoms with van der Waals surface area (Å²) in [4.78, 5) is 24.4. The SMILES string of the molecule is CCN(CC)C(=O)Cc1ccc2nc(CCCOc3cccc(CN(C)C)c3)[nH]c2c1. The van der Waals surface area contributed by atoms with Crippen LogP contribution in [0, 0.1) is 0 Å². The molecule has 0 spiro atoms. The van der Waals surface area contributed by atoms with Crippen LogP contribution in [0.15, 0.2) is 42.5 Å². The maximum absolute atomic E-state index is 12.4. The van der Waals surface area contributed by atoms with Gasteiger partial charge in [0.2, 0.25) is 5.91 Å². The van der Waals surface area contributed by atoms with Gasteiger partial charge < -0.3 is 19.5 Å². The highest BCUT2D eigenvalue weighted by molar-refractivity contribution is 5.81. The zero-order valence-electron chi connectivity index (χ0n) is 19.1. The second-order valence-corrected chi connectivity index (χ2v) is 8.12. The van der Waals surface area contributed by atoms with Gasteiger partial charge in [0, 0.05) is 26.1 Å². The molecule has 0 radical (unpaired) electrons. The van der Waals surface area contributed by atoms with Crippen molar-refractivity contribution >= 4 is 16.9 Å². The molecule has 0 fully saturated rings. The van der Waals surface area contributed by atoms with Crippen LogP contribution in [0.5, 0.6) is 5.75 Å². The van der Waals surface area contributed by atoms with E-state index in [1.165, 1.54) is 5.56 Å². The predicted molar refractivity (Wildman–Crippen MR) is 125 cm³/mol. The number of ether oxygens (including phenoxy) is 1. The van der Waals surface area contributed by atoms with Gasteiger partial charge in [-0.05, 0) is 69.8 Å². The number of carbonyl (C=O) groups is 1. The molecule has 1 heterocycles. The third-order valence-corrected chi connectivity index (χ3v) is 5.29. The predicted octanol–water partition coefficient (Wildman–Crippen LogP) is 4.05. The fraction of sp³-hybridized carbons (Fsp3) is 0.440. The Morgan fingerprint density at radius 1 is 1.06 bits per heavy atom. The van der Waals surface area contributed by atoms with Crippen molar-refractivity contribution in [2.24, 2.45) is 0 Å². The van der Waals surface area contributed by atoms with Gasteiger partial charge >= 0.3 is 0 Å². The topological polar surface area (TPSA) is 61.5 Å². The number of H-pyrrole nitrogens is 1. The molecule has 31 heavy (non-hydrogen) atoms. The smallest absolute Gasteiger partial charge is 0.226 e. The molecule has 6 heteroatoms. The lowest BCUT2D eigenvalue weighted by Gasteiger charge is -2.18. The lowest BCUT2D eigenvalue weighted by Crippen LogP contribution is -2.31. The summed E-state index contributed by atoms with van der Waals surface area (Å²) in [5.74, 6) is 2.02. The number of amides is 1. The maximum atomic E-state index is 12.4. The van der Waals surface area contributed by atoms with Gasteiger partial charge in [-0.15, -0.1) is 0 Å². The summed E-state index contributed by atoms with van der Waals surface area (Å²) in [7, 11) is 4.12. The first-order chi connectivity index (χ1) is 15.0. The monoisotopic (exact) mass is 422 g/mol. The lowest BCUT2D eigenvalue weighted by atomic mass is 10.1. The van der Waals surface area contributed by atoms with Gasteiger partial charge in [-0.1, -0.05) is 18.2 Å². The van der Waals surface area contributed by atoms with Crippen LogP contribution in [0.25, 0.3) is 11.0 Å². The van der Waals surface area contributed by atoms with Gasteiger partial charge in [0.25, 0.3) is 0 Å². The van der Waals surface area contributed by atoms with Crippen LogP contribution in [-0.2, 0) is 24.2 Å². The fourth-order valence-electron chi connectivity index (χ4n) is 3.73. The summed E-state index contributed by atoms with van der Waals surface area (Å²) in [6.07, 6.45) is 2.12. The minimum Gasteiger partial charge on any atom is -0.494 e. The number of aromatic amines is 1. The molecular formula is C25H34N4O2. The van der Waals surface area contributed by atoms with E-state index in [2.05, 4.69) is 41.1 Å². The van der Waals surface area contributed by atoms with E-state index >= 15 is 0 Å². The zero-order valence-corrected chi connectivity index (χ0v) is 19.1. The van der Waals surface area contributed by atoms with E-state index in [-0.39, 0.29) is 5.91 Å². The third kappa shape index (κ3) is 6.56. The van der Waals surface area contributed by atoms with E-state index in [1.807, 2.05) is 49.1 Å². The van der Waals surface area contributed by atoms with Gasteiger partial charge in [-0.3, -0.25) is 4.79 Å². The molecule has 0 saturated carbocycles. The number of carbonyl (C=O) groups excluding carboxylic acids is 1. The van der Waals surface area contributed by atoms with Crippen LogP contribution < -0.4 is 4.74 Å². The lowest BCUT2D eigenvalue weighted by molar-refractivity contribution is -0.130. The number of nitrogens with zero attached hydrogens (tertiary/aromatic N) is 3. The number of imidazole rings is 1. The van der Waals surface area contributed by atoms with Crippen LogP contribution in [0.3, 0.4) is 0 Å². The molecule has 166 valence electrons. The molecule has 3 rings (SSSR count). The second kappa shape index (κ2) is 11.0. The van der Waals surface area contributed by atoms with Crippen molar-refractivity contribution < 1.29 is 9.53 Å². The molecule has 0 aliphatic heterocycles. The molecule has 1 N–H and O–H groups in total. The number of aromatic nitrogens is 2. The highest BCUT2D eigenvalue weighted by Crippen LogP contribution is 2.17. The average Bonchev–Trinajstić information content (AvgIpc) is 3.14. The van der Waals surface area contributed by atoms with Crippen LogP contribution in [0.1, 0.15) is 37.2 Å². The second-order valence-electron chi connectivity index (χ2n) is 8.12. The molecule has 0 unspecified atom stereocenters. The van der Waals surface area contributed by atoms with E-state index in [9.17, 15) is 4.79 Å². The summed E-state index contributed by atoms with van der Waals surface area (Å²) < 4.78 is 5.93. The number of aryl methyl sites for hydroxylation is 1. The summed E-state index contributed by atoms with van der Waals surface area (Å²) >= 11 is 0. The highest BCUT2D eigenvalue weighted by atomic mass is 16.5. The van der Waals surface area contributed by atoms with Crippen LogP contribution in [0.4, 0.5) is 0 Å². The van der Waals surface area contributed by atoms with Crippen LogP contribution in [0.2, 0.25) is 0 Å². The Balaban J connectivity index is 1.52. The Kier molecular flexibility index (Phi) is 8.06. The van der Waals surface area contributed by atoms with Gasteiger partial charge in [0.05, 0.1) is 24.1 Å². The molecule has 0 atom stereocenters. The largest absolute Gasteiger partial charge is 0.494 e. The van der Waals surface area contributed by atoms with Crippen molar-refractivity contribution in [1.82, 2.24) is 19.8 Å². The van der Waals surface area contributed by atoms with E-state index < -0.39 is 0 Å². The number of rotatable bonds is 11. The molecule has 0 bridgehead atoms. The Hall–Kier alpha value is -2.86. The third-order valence-electron chi connectivity index (χ3n) is 5.29. The summed E-state index contributed by atoms with van der Waals surface area (Å²) in [5, 5.41) is 0. The van der Waals surface area contributed by atoms with Crippen molar-refractivity contribution in [2.75, 3.05) is 33.8 Å². The van der Waals surface area contributed by atoms with Crippen LogP contribution >= 0.6 is 0 Å². The molecule has 0 aliphatic rings. The van der Waals surface area contributed by atoms with Crippen molar-refractivity contribution in [2.45, 2.75) is 39.7 Å². The average molecular weight is 423 g/mol. The summed E-state index contributed by atoms with van der Waals surface area (Å²) in [6, 6.07) is 14.3. The first kappa shape index (κ1) is 22.8. The number of likely N-dealkylation sites (N-methyl/N-ethyl adjacent to an activating group) is 1. The highest BCUT2D eigenvalue weighted by Gasteiger charge is 2.11. The van der Waals surface area contributed by atoms with Crippen molar-refractivity contribution in [1.29, 1.82) is 0 Å². The standard InChI is InChI=1S/C25H34N4O2/c1-5-29(6-2)25(30)17-19-12-13-22-23(16-19)27-24(26-22)11-8-14-31-21-10-7-9-20(15-21)18-28(3)4/h7,9-10,12-13,15-16H,5-6,8,11,14,17-18H2,1-4H3,(H,26,27). The Morgan fingerprint density at radius 3 is 2.61 bits per heavy atom. The molecule has 2 aromatic carbocycles. The van der Waals surface area contributed by atoms with E-state index in [1.54, 1.807) is 0 Å². The number of hydrogen-bond donors (Lipinski definition) is 1. The minimum atomic E-state index is 0.163. The summed E-state index contributed by atoms with van der Waals surface area (Å²) in [6.45, 7) is 7.05. The van der Waals surface area contributed by atoms with Crippen molar-refractivity contribution in [3.05, 3.63) is 59.4 Å².